The van der Waals surface area contributed by atoms with Gasteiger partial charge in [0.2, 0.25) is 0 Å². The van der Waals surface area contributed by atoms with Crippen molar-refractivity contribution in [3.8, 4) is 11.8 Å². The number of hydrogen-bond donors (Lipinski definition) is 1. The number of aromatic nitrogens is 2. The van der Waals surface area contributed by atoms with Crippen LogP contribution in [-0.2, 0) is 0 Å². The van der Waals surface area contributed by atoms with Gasteiger partial charge in [0.15, 0.2) is 17.3 Å². The third kappa shape index (κ3) is 4.02. The molecule has 0 amide bonds. The van der Waals surface area contributed by atoms with Crippen LogP contribution < -0.4 is 10.4 Å². The number of aryl methyl sites for hydroxylation is 1. The second-order valence-corrected chi connectivity index (χ2v) is 5.88. The zero-order valence-corrected chi connectivity index (χ0v) is 14.0. The number of rotatable bonds is 2. The molecule has 0 atom stereocenters. The van der Waals surface area contributed by atoms with Crippen molar-refractivity contribution in [2.24, 2.45) is 0 Å². The lowest BCUT2D eigenvalue weighted by Crippen LogP contribution is -2.70. The zero-order chi connectivity index (χ0) is 17.6. The molecular weight excluding hydrogens is 319 g/mol. The molecule has 128 valence electrons. The quantitative estimate of drug-likeness (QED) is 0.673. The highest BCUT2D eigenvalue weighted by molar-refractivity contribution is 5.57. The summed E-state index contributed by atoms with van der Waals surface area (Å²) in [6.45, 7) is 3.26. The number of hydrogen-bond acceptors (Lipinski definition) is 4. The number of pyridine rings is 2. The molecule has 2 N–H and O–H groups in total. The maximum atomic E-state index is 13.8. The molecule has 0 aromatic carbocycles. The fourth-order valence-electron chi connectivity index (χ4n) is 2.75. The van der Waals surface area contributed by atoms with Crippen LogP contribution in [0.4, 0.5) is 15.9 Å². The molecule has 25 heavy (non-hydrogen) atoms. The molecule has 3 heterocycles. The lowest BCUT2D eigenvalue weighted by atomic mass is 10.0. The highest BCUT2D eigenvalue weighted by Gasteiger charge is 2.18. The van der Waals surface area contributed by atoms with Crippen molar-refractivity contribution in [3.05, 3.63) is 64.5 Å². The molecule has 3 rings (SSSR count). The first-order valence-corrected chi connectivity index (χ1v) is 8.14. The summed E-state index contributed by atoms with van der Waals surface area (Å²) in [4.78, 5) is 10.4. The molecule has 0 bridgehead atoms. The molecule has 6 heteroatoms. The van der Waals surface area contributed by atoms with E-state index in [0.717, 1.165) is 37.2 Å². The van der Waals surface area contributed by atoms with Crippen LogP contribution >= 0.6 is 0 Å². The zero-order valence-electron chi connectivity index (χ0n) is 14.0. The van der Waals surface area contributed by atoms with E-state index in [4.69, 9.17) is 0 Å². The van der Waals surface area contributed by atoms with E-state index < -0.39 is 0 Å². The van der Waals surface area contributed by atoms with Crippen molar-refractivity contribution in [1.29, 1.82) is 0 Å². The average molecular weight is 338 g/mol. The SMILES string of the molecule is Cc1ccnc(C#CC=C2CCN(c3ncccc3[NH2+][O-])CC2)c1F. The molecule has 0 saturated carbocycles. The summed E-state index contributed by atoms with van der Waals surface area (Å²) in [5, 5.41) is 11.1. The predicted molar refractivity (Wildman–Crippen MR) is 94.5 cm³/mol. The highest BCUT2D eigenvalue weighted by atomic mass is 19.1. The third-order valence-electron chi connectivity index (χ3n) is 4.20. The lowest BCUT2D eigenvalue weighted by molar-refractivity contribution is -0.496. The van der Waals surface area contributed by atoms with E-state index in [-0.39, 0.29) is 11.5 Å². The molecule has 1 aliphatic heterocycles. The van der Waals surface area contributed by atoms with Gasteiger partial charge < -0.3 is 15.6 Å². The molecule has 0 aliphatic carbocycles. The van der Waals surface area contributed by atoms with Crippen LogP contribution in [-0.4, -0.2) is 23.1 Å². The average Bonchev–Trinajstić information content (AvgIpc) is 2.66. The van der Waals surface area contributed by atoms with Crippen LogP contribution in [0.25, 0.3) is 0 Å². The van der Waals surface area contributed by atoms with E-state index in [1.54, 1.807) is 37.5 Å². The normalized spacial score (nSPS) is 14.0. The number of halogens is 1. The summed E-state index contributed by atoms with van der Waals surface area (Å²) in [6.07, 6.45) is 6.79. The predicted octanol–water partition coefficient (Wildman–Crippen LogP) is 2.20. The topological polar surface area (TPSA) is 68.7 Å². The van der Waals surface area contributed by atoms with E-state index in [0.29, 0.717) is 11.3 Å². The van der Waals surface area contributed by atoms with Crippen LogP contribution in [0.2, 0.25) is 0 Å². The van der Waals surface area contributed by atoms with Gasteiger partial charge in [-0.15, -0.1) is 0 Å². The van der Waals surface area contributed by atoms with Gasteiger partial charge in [0.05, 0.1) is 0 Å². The van der Waals surface area contributed by atoms with Crippen LogP contribution in [0.3, 0.4) is 0 Å². The van der Waals surface area contributed by atoms with Gasteiger partial charge in [-0.25, -0.2) is 14.4 Å². The van der Waals surface area contributed by atoms with E-state index >= 15 is 0 Å². The molecule has 1 fully saturated rings. The van der Waals surface area contributed by atoms with E-state index in [9.17, 15) is 9.60 Å². The smallest absolute Gasteiger partial charge is 0.191 e. The van der Waals surface area contributed by atoms with Gasteiger partial charge in [0.1, 0.15) is 5.69 Å². The van der Waals surface area contributed by atoms with Gasteiger partial charge in [-0.1, -0.05) is 11.5 Å². The fourth-order valence-corrected chi connectivity index (χ4v) is 2.75. The Labute approximate surface area is 146 Å². The Bertz CT molecular complexity index is 844. The van der Waals surface area contributed by atoms with Crippen molar-refractivity contribution in [1.82, 2.24) is 9.97 Å². The second-order valence-electron chi connectivity index (χ2n) is 5.88. The molecule has 2 aromatic heterocycles. The number of allylic oxidation sites excluding steroid dienone is 1. The Balaban J connectivity index is 1.66. The molecule has 0 radical (unpaired) electrons. The van der Waals surface area contributed by atoms with Crippen molar-refractivity contribution in [2.45, 2.75) is 19.8 Å². The molecule has 1 saturated heterocycles. The largest absolute Gasteiger partial charge is 0.630 e. The third-order valence-corrected chi connectivity index (χ3v) is 4.20. The Kier molecular flexibility index (Phi) is 5.39. The standard InChI is InChI=1S/C19H19FN4O/c1-14-7-11-21-16(18(14)20)5-2-4-15-8-12-24(13-9-15)19-17(23-25)6-3-10-22-19/h3-4,6-7,10-11H,8-9,12-13,23H2,1H3. The highest BCUT2D eigenvalue weighted by Crippen LogP contribution is 2.24. The minimum atomic E-state index is -0.361. The van der Waals surface area contributed by atoms with Gasteiger partial charge in [-0.05, 0) is 49.5 Å². The molecule has 2 aromatic rings. The number of piperidine rings is 1. The minimum Gasteiger partial charge on any atom is -0.630 e. The molecule has 0 unspecified atom stereocenters. The first-order valence-electron chi connectivity index (χ1n) is 8.14. The van der Waals surface area contributed by atoms with Gasteiger partial charge in [0.25, 0.3) is 0 Å². The summed E-state index contributed by atoms with van der Waals surface area (Å²) in [6, 6.07) is 5.16. The second kappa shape index (κ2) is 7.88. The Morgan fingerprint density at radius 1 is 1.24 bits per heavy atom. The summed E-state index contributed by atoms with van der Waals surface area (Å²) in [5.41, 5.74) is 3.37. The van der Waals surface area contributed by atoms with Crippen molar-refractivity contribution in [2.75, 3.05) is 18.0 Å². The summed E-state index contributed by atoms with van der Waals surface area (Å²) >= 11 is 0. The summed E-state index contributed by atoms with van der Waals surface area (Å²) in [5.74, 6) is 6.06. The van der Waals surface area contributed by atoms with E-state index in [1.165, 1.54) is 5.57 Å². The number of nitrogens with zero attached hydrogens (tertiary/aromatic N) is 3. The first-order chi connectivity index (χ1) is 12.2. The summed E-state index contributed by atoms with van der Waals surface area (Å²) in [7, 11) is 0. The van der Waals surface area contributed by atoms with Crippen molar-refractivity contribution in [3.63, 3.8) is 0 Å². The number of quaternary nitrogens is 1. The van der Waals surface area contributed by atoms with E-state index in [1.807, 2.05) is 6.08 Å². The van der Waals surface area contributed by atoms with Crippen LogP contribution in [0.1, 0.15) is 24.1 Å². The lowest BCUT2D eigenvalue weighted by Gasteiger charge is -2.29. The Morgan fingerprint density at radius 2 is 2.04 bits per heavy atom. The number of nitrogens with two attached hydrogens (primary N) is 1. The van der Waals surface area contributed by atoms with Gasteiger partial charge >= 0.3 is 0 Å². The Morgan fingerprint density at radius 3 is 2.80 bits per heavy atom. The van der Waals surface area contributed by atoms with Crippen LogP contribution in [0, 0.1) is 29.8 Å². The molecule has 1 aliphatic rings. The number of anilines is 1. The Hall–Kier alpha value is -2.75. The maximum absolute atomic E-state index is 13.8. The maximum Gasteiger partial charge on any atom is 0.191 e. The first kappa shape index (κ1) is 17.1. The van der Waals surface area contributed by atoms with Crippen LogP contribution in [0.5, 0.6) is 0 Å². The van der Waals surface area contributed by atoms with Gasteiger partial charge in [-0.2, -0.15) is 0 Å². The van der Waals surface area contributed by atoms with Gasteiger partial charge in [-0.3, -0.25) is 0 Å². The molecule has 0 spiro atoms. The minimum absolute atomic E-state index is 0.179. The van der Waals surface area contributed by atoms with Crippen LogP contribution in [0.15, 0.2) is 42.2 Å². The van der Waals surface area contributed by atoms with Crippen molar-refractivity contribution < 1.29 is 9.87 Å². The van der Waals surface area contributed by atoms with E-state index in [2.05, 4.69) is 26.7 Å². The molecular formula is C19H19FN4O. The summed E-state index contributed by atoms with van der Waals surface area (Å²) < 4.78 is 13.8. The monoisotopic (exact) mass is 338 g/mol. The molecule has 5 nitrogen and oxygen atoms in total. The fraction of sp³-hybridized carbons (Fsp3) is 0.263. The van der Waals surface area contributed by atoms with Gasteiger partial charge in [0, 0.05) is 31.5 Å². The van der Waals surface area contributed by atoms with Crippen molar-refractivity contribution >= 4 is 11.5 Å².